The molecule has 0 aliphatic rings. The zero-order valence-electron chi connectivity index (χ0n) is 22.4. The molecule has 3 aromatic rings. The number of hydrogen-bond acceptors (Lipinski definition) is 6. The Kier molecular flexibility index (Phi) is 11.2. The molecule has 0 aromatic heterocycles. The van der Waals surface area contributed by atoms with Crippen LogP contribution in [0.4, 0.5) is 5.69 Å². The number of hydrogen-bond donors (Lipinski definition) is 1. The van der Waals surface area contributed by atoms with Crippen LogP contribution in [0, 0.1) is 16.0 Å². The first-order valence-electron chi connectivity index (χ1n) is 12.6. The molecule has 0 fully saturated rings. The number of ether oxygens (including phenoxy) is 2. The normalized spacial score (nSPS) is 11.6. The summed E-state index contributed by atoms with van der Waals surface area (Å²) in [4.78, 5) is 39.3. The highest BCUT2D eigenvalue weighted by atomic mass is 35.5. The molecule has 212 valence electrons. The van der Waals surface area contributed by atoms with E-state index in [0.29, 0.717) is 22.2 Å². The molecule has 0 heterocycles. The summed E-state index contributed by atoms with van der Waals surface area (Å²) >= 11 is 12.5. The zero-order valence-corrected chi connectivity index (χ0v) is 23.9. The molecule has 40 heavy (non-hydrogen) atoms. The Hall–Kier alpha value is -3.82. The Morgan fingerprint density at radius 1 is 1.05 bits per heavy atom. The summed E-state index contributed by atoms with van der Waals surface area (Å²) in [6.07, 6.45) is 0.257. The summed E-state index contributed by atoms with van der Waals surface area (Å²) in [7, 11) is 1.30. The highest BCUT2D eigenvalue weighted by Crippen LogP contribution is 2.31. The van der Waals surface area contributed by atoms with Gasteiger partial charge in [0.25, 0.3) is 5.91 Å². The van der Waals surface area contributed by atoms with E-state index in [-0.39, 0.29) is 42.0 Å². The first kappa shape index (κ1) is 30.7. The predicted molar refractivity (Wildman–Crippen MR) is 154 cm³/mol. The summed E-state index contributed by atoms with van der Waals surface area (Å²) in [6.45, 7) is 3.99. The van der Waals surface area contributed by atoms with E-state index in [2.05, 4.69) is 5.32 Å². The van der Waals surface area contributed by atoms with Crippen LogP contribution in [0.25, 0.3) is 0 Å². The van der Waals surface area contributed by atoms with E-state index >= 15 is 0 Å². The second kappa shape index (κ2) is 14.5. The van der Waals surface area contributed by atoms with E-state index in [1.54, 1.807) is 18.2 Å². The Labute approximate surface area is 243 Å². The molecule has 0 spiro atoms. The number of rotatable bonds is 13. The van der Waals surface area contributed by atoms with Crippen molar-refractivity contribution in [3.8, 4) is 11.5 Å². The van der Waals surface area contributed by atoms with E-state index in [0.717, 1.165) is 5.56 Å². The molecule has 0 unspecified atom stereocenters. The molecule has 1 N–H and O–H groups in total. The molecule has 0 saturated heterocycles. The van der Waals surface area contributed by atoms with Gasteiger partial charge in [0.15, 0.2) is 6.61 Å². The summed E-state index contributed by atoms with van der Waals surface area (Å²) in [5, 5.41) is 15.0. The minimum Gasteiger partial charge on any atom is -0.490 e. The monoisotopic (exact) mass is 587 g/mol. The Morgan fingerprint density at radius 2 is 1.77 bits per heavy atom. The number of nitrogens with zero attached hydrogens (tertiary/aromatic N) is 2. The van der Waals surface area contributed by atoms with Crippen LogP contribution in [0.15, 0.2) is 66.7 Å². The van der Waals surface area contributed by atoms with Gasteiger partial charge in [-0.1, -0.05) is 73.4 Å². The van der Waals surface area contributed by atoms with Gasteiger partial charge >= 0.3 is 5.69 Å². The molecule has 1 atom stereocenters. The lowest BCUT2D eigenvalue weighted by molar-refractivity contribution is -0.385. The maximum Gasteiger partial charge on any atom is 0.311 e. The lowest BCUT2D eigenvalue weighted by Crippen LogP contribution is -2.52. The molecule has 0 aliphatic carbocycles. The zero-order chi connectivity index (χ0) is 29.2. The molecule has 3 aromatic carbocycles. The first-order chi connectivity index (χ1) is 19.1. The van der Waals surface area contributed by atoms with Crippen LogP contribution in [-0.4, -0.2) is 47.9 Å². The van der Waals surface area contributed by atoms with Crippen molar-refractivity contribution in [2.24, 2.45) is 5.92 Å². The second-order valence-electron chi connectivity index (χ2n) is 9.48. The van der Waals surface area contributed by atoms with Crippen molar-refractivity contribution in [2.75, 3.05) is 20.3 Å². The predicted octanol–water partition coefficient (Wildman–Crippen LogP) is 5.70. The van der Waals surface area contributed by atoms with Crippen LogP contribution in [-0.2, 0) is 22.6 Å². The minimum atomic E-state index is -0.879. The molecule has 0 bridgehead atoms. The summed E-state index contributed by atoms with van der Waals surface area (Å²) in [6, 6.07) is 17.4. The first-order valence-corrected chi connectivity index (χ1v) is 13.3. The molecule has 3 rings (SSSR count). The highest BCUT2D eigenvalue weighted by molar-refractivity contribution is 6.35. The van der Waals surface area contributed by atoms with Crippen LogP contribution in [0.1, 0.15) is 25.0 Å². The lowest BCUT2D eigenvalue weighted by atomic mass is 10.0. The molecule has 0 aliphatic heterocycles. The van der Waals surface area contributed by atoms with Crippen LogP contribution in [0.5, 0.6) is 11.5 Å². The largest absolute Gasteiger partial charge is 0.490 e. The van der Waals surface area contributed by atoms with E-state index in [4.69, 9.17) is 32.7 Å². The average molecular weight is 588 g/mol. The fourth-order valence-electron chi connectivity index (χ4n) is 3.94. The number of halogens is 2. The van der Waals surface area contributed by atoms with Crippen LogP contribution >= 0.6 is 23.2 Å². The van der Waals surface area contributed by atoms with Crippen molar-refractivity contribution >= 4 is 40.7 Å². The van der Waals surface area contributed by atoms with Crippen LogP contribution < -0.4 is 14.8 Å². The quantitative estimate of drug-likeness (QED) is 0.203. The topological polar surface area (TPSA) is 111 Å². The second-order valence-corrected chi connectivity index (χ2v) is 10.3. The molecular weight excluding hydrogens is 557 g/mol. The average Bonchev–Trinajstić information content (AvgIpc) is 2.93. The van der Waals surface area contributed by atoms with Gasteiger partial charge in [0, 0.05) is 41.7 Å². The van der Waals surface area contributed by atoms with Crippen molar-refractivity contribution in [2.45, 2.75) is 32.9 Å². The molecule has 11 heteroatoms. The standard InChI is InChI=1S/C29H31Cl2N3O6/c1-19(2)16-32-29(36)26(13-20-7-5-4-6-8-20)33(17-21-9-10-22(30)14-24(21)31)28(35)18-40-23-11-12-25(34(37)38)27(15-23)39-3/h4-12,14-15,19,26H,13,16-18H2,1-3H3,(H,32,36)/t26-/m1/s1. The lowest BCUT2D eigenvalue weighted by Gasteiger charge is -2.32. The maximum absolute atomic E-state index is 13.7. The number of benzene rings is 3. The Balaban J connectivity index is 1.94. The van der Waals surface area contributed by atoms with Gasteiger partial charge in [0.1, 0.15) is 11.8 Å². The fraction of sp³-hybridized carbons (Fsp3) is 0.310. The number of carbonyl (C=O) groups is 2. The number of nitro groups is 1. The van der Waals surface area contributed by atoms with Gasteiger partial charge in [0.05, 0.1) is 12.0 Å². The minimum absolute atomic E-state index is 0.00484. The highest BCUT2D eigenvalue weighted by Gasteiger charge is 2.31. The van der Waals surface area contributed by atoms with Crippen molar-refractivity contribution in [3.63, 3.8) is 0 Å². The SMILES string of the molecule is COc1cc(OCC(=O)N(Cc2ccc(Cl)cc2Cl)[C@H](Cc2ccccc2)C(=O)NCC(C)C)ccc1[N+](=O)[O-]. The van der Waals surface area contributed by atoms with Crippen LogP contribution in [0.3, 0.4) is 0 Å². The third-order valence-corrected chi connectivity index (χ3v) is 6.61. The van der Waals surface area contributed by atoms with E-state index in [9.17, 15) is 19.7 Å². The number of nitrogens with one attached hydrogen (secondary N) is 1. The Bertz CT molecular complexity index is 1340. The van der Waals surface area contributed by atoms with Gasteiger partial charge < -0.3 is 19.7 Å². The molecule has 0 radical (unpaired) electrons. The van der Waals surface area contributed by atoms with Crippen molar-refractivity contribution in [1.29, 1.82) is 0 Å². The maximum atomic E-state index is 13.7. The number of amides is 2. The number of methoxy groups -OCH3 is 1. The van der Waals surface area contributed by atoms with Gasteiger partial charge in [-0.15, -0.1) is 0 Å². The van der Waals surface area contributed by atoms with Crippen molar-refractivity contribution < 1.29 is 24.0 Å². The molecule has 0 saturated carbocycles. The third-order valence-electron chi connectivity index (χ3n) is 6.02. The molecule has 2 amide bonds. The summed E-state index contributed by atoms with van der Waals surface area (Å²) < 4.78 is 10.8. The summed E-state index contributed by atoms with van der Waals surface area (Å²) in [5.41, 5.74) is 1.24. The summed E-state index contributed by atoms with van der Waals surface area (Å²) in [5.74, 6) is -0.396. The van der Waals surface area contributed by atoms with Gasteiger partial charge in [-0.25, -0.2) is 0 Å². The van der Waals surface area contributed by atoms with E-state index < -0.39 is 23.5 Å². The third kappa shape index (κ3) is 8.59. The van der Waals surface area contributed by atoms with Gasteiger partial charge in [-0.2, -0.15) is 0 Å². The number of nitro benzene ring substituents is 1. The smallest absolute Gasteiger partial charge is 0.311 e. The van der Waals surface area contributed by atoms with Gasteiger partial charge in [-0.05, 0) is 35.2 Å². The van der Waals surface area contributed by atoms with Crippen molar-refractivity contribution in [3.05, 3.63) is 98.0 Å². The number of carbonyl (C=O) groups excluding carboxylic acids is 2. The van der Waals surface area contributed by atoms with Crippen LogP contribution in [0.2, 0.25) is 10.0 Å². The molecule has 9 nitrogen and oxygen atoms in total. The van der Waals surface area contributed by atoms with Crippen molar-refractivity contribution in [1.82, 2.24) is 10.2 Å². The van der Waals surface area contributed by atoms with E-state index in [1.807, 2.05) is 44.2 Å². The van der Waals surface area contributed by atoms with Gasteiger partial charge in [-0.3, -0.25) is 19.7 Å². The van der Waals surface area contributed by atoms with E-state index in [1.165, 1.54) is 30.2 Å². The fourth-order valence-corrected chi connectivity index (χ4v) is 4.40. The van der Waals surface area contributed by atoms with Gasteiger partial charge in [0.2, 0.25) is 11.7 Å². The Morgan fingerprint density at radius 3 is 2.40 bits per heavy atom. The molecular formula is C29H31Cl2N3O6.